The molecule has 1 atom stereocenters. The molecule has 8 nitrogen and oxygen atoms in total. The van der Waals surface area contributed by atoms with E-state index in [4.69, 9.17) is 16.3 Å². The van der Waals surface area contributed by atoms with Gasteiger partial charge in [0.2, 0.25) is 5.91 Å². The lowest BCUT2D eigenvalue weighted by Gasteiger charge is -2.15. The van der Waals surface area contributed by atoms with E-state index in [-0.39, 0.29) is 18.6 Å². The summed E-state index contributed by atoms with van der Waals surface area (Å²) in [6.07, 6.45) is 3.51. The Morgan fingerprint density at radius 2 is 2.12 bits per heavy atom. The molecule has 0 unspecified atom stereocenters. The number of hydrogen-bond acceptors (Lipinski definition) is 4. The van der Waals surface area contributed by atoms with Crippen molar-refractivity contribution >= 4 is 34.9 Å². The third-order valence-electron chi connectivity index (χ3n) is 3.35. The van der Waals surface area contributed by atoms with Gasteiger partial charge < -0.3 is 20.7 Å². The number of carbonyl (C=O) groups excluding carboxylic acids is 2. The Morgan fingerprint density at radius 1 is 1.36 bits per heavy atom. The molecule has 0 aliphatic carbocycles. The van der Waals surface area contributed by atoms with E-state index in [0.717, 1.165) is 5.56 Å². The van der Waals surface area contributed by atoms with Crippen molar-refractivity contribution in [2.45, 2.75) is 13.0 Å². The molecule has 9 heteroatoms. The molecule has 3 amide bonds. The van der Waals surface area contributed by atoms with Crippen LogP contribution in [0.4, 0.5) is 16.2 Å². The number of nitrogens with zero attached hydrogens (tertiary/aromatic N) is 2. The van der Waals surface area contributed by atoms with Crippen LogP contribution in [0, 0.1) is 0 Å². The first-order valence-electron chi connectivity index (χ1n) is 7.53. The quantitative estimate of drug-likeness (QED) is 0.732. The predicted octanol–water partition coefficient (Wildman–Crippen LogP) is 2.54. The fourth-order valence-electron chi connectivity index (χ4n) is 2.13. The van der Waals surface area contributed by atoms with E-state index in [1.165, 1.54) is 7.11 Å². The molecule has 3 N–H and O–H groups in total. The number of aromatic nitrogens is 2. The van der Waals surface area contributed by atoms with Crippen molar-refractivity contribution < 1.29 is 14.3 Å². The van der Waals surface area contributed by atoms with Crippen LogP contribution in [0.5, 0.6) is 0 Å². The highest BCUT2D eigenvalue weighted by Crippen LogP contribution is 2.25. The van der Waals surface area contributed by atoms with Crippen molar-refractivity contribution in [1.29, 1.82) is 0 Å². The first-order valence-corrected chi connectivity index (χ1v) is 7.91. The Hall–Kier alpha value is -2.58. The highest BCUT2D eigenvalue weighted by Gasteiger charge is 2.13. The summed E-state index contributed by atoms with van der Waals surface area (Å²) in [6.45, 7) is 1.79. The topological polar surface area (TPSA) is 97.3 Å². The standard InChI is InChI=1S/C16H20ClN5O3/c1-10(11-7-18-22(2)8-11)19-16(24)21-14-6-12(4-5-13(14)17)20-15(23)9-25-3/h4-8,10H,9H2,1-3H3,(H,20,23)(H2,19,21,24)/t10-/m0/s1. The Bertz CT molecular complexity index is 762. The molecular weight excluding hydrogens is 346 g/mol. The Morgan fingerprint density at radius 3 is 2.76 bits per heavy atom. The van der Waals surface area contributed by atoms with Crippen LogP contribution in [-0.4, -0.2) is 35.4 Å². The number of urea groups is 1. The van der Waals surface area contributed by atoms with Gasteiger partial charge in [-0.1, -0.05) is 11.6 Å². The number of nitrogens with one attached hydrogen (secondary N) is 3. The summed E-state index contributed by atoms with van der Waals surface area (Å²) in [7, 11) is 3.24. The van der Waals surface area contributed by atoms with Gasteiger partial charge in [-0.25, -0.2) is 4.79 Å². The molecule has 1 heterocycles. The van der Waals surface area contributed by atoms with Gasteiger partial charge in [-0.2, -0.15) is 5.10 Å². The number of benzene rings is 1. The van der Waals surface area contributed by atoms with Crippen LogP contribution >= 0.6 is 11.6 Å². The zero-order chi connectivity index (χ0) is 18.4. The van der Waals surface area contributed by atoms with Crippen LogP contribution < -0.4 is 16.0 Å². The predicted molar refractivity (Wildman–Crippen MR) is 95.7 cm³/mol. The molecule has 1 aromatic carbocycles. The summed E-state index contributed by atoms with van der Waals surface area (Å²) in [4.78, 5) is 23.7. The highest BCUT2D eigenvalue weighted by atomic mass is 35.5. The van der Waals surface area contributed by atoms with Gasteiger partial charge in [0.05, 0.1) is 22.9 Å². The van der Waals surface area contributed by atoms with Gasteiger partial charge in [0.15, 0.2) is 0 Å². The molecule has 1 aromatic heterocycles. The van der Waals surface area contributed by atoms with Crippen LogP contribution in [0.25, 0.3) is 0 Å². The first-order chi connectivity index (χ1) is 11.9. The number of rotatable bonds is 6. The lowest BCUT2D eigenvalue weighted by atomic mass is 10.2. The number of hydrogen-bond donors (Lipinski definition) is 3. The maximum atomic E-state index is 12.2. The number of ether oxygens (including phenoxy) is 1. The fraction of sp³-hybridized carbons (Fsp3) is 0.312. The Kier molecular flexibility index (Phi) is 6.37. The lowest BCUT2D eigenvalue weighted by molar-refractivity contribution is -0.119. The van der Waals surface area contributed by atoms with Gasteiger partial charge in [0.1, 0.15) is 6.61 Å². The van der Waals surface area contributed by atoms with Crippen LogP contribution in [0.15, 0.2) is 30.6 Å². The number of amides is 3. The summed E-state index contributed by atoms with van der Waals surface area (Å²) < 4.78 is 6.42. The van der Waals surface area contributed by atoms with Crippen molar-refractivity contribution in [3.63, 3.8) is 0 Å². The van der Waals surface area contributed by atoms with Crippen molar-refractivity contribution in [2.24, 2.45) is 7.05 Å². The van der Waals surface area contributed by atoms with Crippen molar-refractivity contribution in [1.82, 2.24) is 15.1 Å². The van der Waals surface area contributed by atoms with E-state index in [9.17, 15) is 9.59 Å². The molecule has 0 bridgehead atoms. The molecule has 0 aliphatic rings. The number of halogens is 1. The van der Waals surface area contributed by atoms with Gasteiger partial charge in [-0.05, 0) is 25.1 Å². The molecule has 0 saturated carbocycles. The first kappa shape index (κ1) is 18.8. The SMILES string of the molecule is COCC(=O)Nc1ccc(Cl)c(NC(=O)N[C@@H](C)c2cnn(C)c2)c1. The van der Waals surface area contributed by atoms with E-state index in [1.54, 1.807) is 36.1 Å². The van der Waals surface area contributed by atoms with E-state index in [2.05, 4.69) is 21.0 Å². The number of aryl methyl sites for hydroxylation is 1. The normalized spacial score (nSPS) is 11.7. The molecule has 2 aromatic rings. The van der Waals surface area contributed by atoms with E-state index < -0.39 is 6.03 Å². The van der Waals surface area contributed by atoms with E-state index >= 15 is 0 Å². The molecule has 0 saturated heterocycles. The molecule has 0 fully saturated rings. The molecule has 0 radical (unpaired) electrons. The number of methoxy groups -OCH3 is 1. The number of anilines is 2. The highest BCUT2D eigenvalue weighted by molar-refractivity contribution is 6.33. The molecule has 0 aliphatic heterocycles. The lowest BCUT2D eigenvalue weighted by Crippen LogP contribution is -2.31. The summed E-state index contributed by atoms with van der Waals surface area (Å²) in [5.74, 6) is -0.301. The minimum Gasteiger partial charge on any atom is -0.375 e. The zero-order valence-electron chi connectivity index (χ0n) is 14.2. The average molecular weight is 366 g/mol. The number of carbonyl (C=O) groups is 2. The van der Waals surface area contributed by atoms with E-state index in [0.29, 0.717) is 16.4 Å². The van der Waals surface area contributed by atoms with Crippen molar-refractivity contribution in [3.05, 3.63) is 41.2 Å². The molecule has 134 valence electrons. The van der Waals surface area contributed by atoms with Gasteiger partial charge >= 0.3 is 6.03 Å². The average Bonchev–Trinajstić information content (AvgIpc) is 2.97. The Balaban J connectivity index is 2.00. The van der Waals surface area contributed by atoms with Gasteiger partial charge in [-0.15, -0.1) is 0 Å². The van der Waals surface area contributed by atoms with Crippen molar-refractivity contribution in [2.75, 3.05) is 24.4 Å². The third-order valence-corrected chi connectivity index (χ3v) is 3.68. The van der Waals surface area contributed by atoms with Crippen LogP contribution in [-0.2, 0) is 16.6 Å². The second kappa shape index (κ2) is 8.50. The summed E-state index contributed by atoms with van der Waals surface area (Å²) in [6, 6.07) is 4.15. The second-order valence-electron chi connectivity index (χ2n) is 5.44. The van der Waals surface area contributed by atoms with Crippen molar-refractivity contribution in [3.8, 4) is 0 Å². The molecule has 0 spiro atoms. The maximum Gasteiger partial charge on any atom is 0.319 e. The molecular formula is C16H20ClN5O3. The largest absolute Gasteiger partial charge is 0.375 e. The summed E-state index contributed by atoms with van der Waals surface area (Å²) in [5.41, 5.74) is 1.76. The second-order valence-corrected chi connectivity index (χ2v) is 5.85. The van der Waals surface area contributed by atoms with Crippen LogP contribution in [0.1, 0.15) is 18.5 Å². The van der Waals surface area contributed by atoms with Crippen LogP contribution in [0.2, 0.25) is 5.02 Å². The van der Waals surface area contributed by atoms with Gasteiger partial charge in [0, 0.05) is 31.6 Å². The molecule has 2 rings (SSSR count). The monoisotopic (exact) mass is 365 g/mol. The smallest absolute Gasteiger partial charge is 0.319 e. The fourth-order valence-corrected chi connectivity index (χ4v) is 2.29. The zero-order valence-corrected chi connectivity index (χ0v) is 14.9. The van der Waals surface area contributed by atoms with Gasteiger partial charge in [-0.3, -0.25) is 9.48 Å². The minimum absolute atomic E-state index is 0.0610. The Labute approximate surface area is 150 Å². The third kappa shape index (κ3) is 5.47. The van der Waals surface area contributed by atoms with Gasteiger partial charge in [0.25, 0.3) is 0 Å². The van der Waals surface area contributed by atoms with Crippen LogP contribution in [0.3, 0.4) is 0 Å². The van der Waals surface area contributed by atoms with E-state index in [1.807, 2.05) is 13.1 Å². The maximum absolute atomic E-state index is 12.2. The summed E-state index contributed by atoms with van der Waals surface area (Å²) >= 11 is 6.10. The molecule has 25 heavy (non-hydrogen) atoms. The summed E-state index contributed by atoms with van der Waals surface area (Å²) in [5, 5.41) is 12.5. The minimum atomic E-state index is -0.418.